The van der Waals surface area contributed by atoms with Crippen LogP contribution in [0.3, 0.4) is 0 Å². The van der Waals surface area contributed by atoms with E-state index in [0.717, 1.165) is 39.7 Å². The number of hydrogen-bond acceptors (Lipinski definition) is 4. The summed E-state index contributed by atoms with van der Waals surface area (Å²) >= 11 is 7.73. The summed E-state index contributed by atoms with van der Waals surface area (Å²) in [7, 11) is 0. The lowest BCUT2D eigenvalue weighted by molar-refractivity contribution is 0.550. The number of nitrogens with zero attached hydrogens (tertiary/aromatic N) is 3. The minimum absolute atomic E-state index is 0.571. The molecule has 3 nitrogen and oxygen atoms in total. The second kappa shape index (κ2) is 7.71. The molecule has 0 saturated carbocycles. The van der Waals surface area contributed by atoms with Gasteiger partial charge in [-0.3, -0.25) is 0 Å². The average molecular weight is 374 g/mol. The maximum Gasteiger partial charge on any atom is 0.141 e. The highest BCUT2D eigenvalue weighted by Gasteiger charge is 2.19. The van der Waals surface area contributed by atoms with Crippen LogP contribution in [0.2, 0.25) is 5.02 Å². The van der Waals surface area contributed by atoms with E-state index in [1.54, 1.807) is 17.7 Å². The smallest absolute Gasteiger partial charge is 0.141 e. The third-order valence-corrected chi connectivity index (χ3v) is 5.11. The zero-order valence-corrected chi connectivity index (χ0v) is 16.7. The van der Waals surface area contributed by atoms with Crippen molar-refractivity contribution in [2.45, 2.75) is 27.7 Å². The second-order valence-corrected chi connectivity index (χ2v) is 8.52. The Hall–Kier alpha value is -1.65. The molecule has 2 aromatic heterocycles. The Morgan fingerprint density at radius 2 is 1.64 bits per heavy atom. The molecule has 0 amide bonds. The third-order valence-electron chi connectivity index (χ3n) is 3.98. The summed E-state index contributed by atoms with van der Waals surface area (Å²) < 4.78 is 0. The maximum atomic E-state index is 6.06. The van der Waals surface area contributed by atoms with E-state index < -0.39 is 0 Å². The molecule has 3 aromatic rings. The van der Waals surface area contributed by atoms with Gasteiger partial charge in [-0.25, -0.2) is 9.97 Å². The molecular weight excluding hydrogens is 350 g/mol. The van der Waals surface area contributed by atoms with E-state index in [2.05, 4.69) is 60.1 Å². The van der Waals surface area contributed by atoms with Gasteiger partial charge < -0.3 is 4.90 Å². The lowest BCUT2D eigenvalue weighted by Gasteiger charge is -2.28. The summed E-state index contributed by atoms with van der Waals surface area (Å²) in [6.07, 6.45) is 1.69. The molecule has 25 heavy (non-hydrogen) atoms. The summed E-state index contributed by atoms with van der Waals surface area (Å²) in [5.74, 6) is 2.18. The Morgan fingerprint density at radius 3 is 2.24 bits per heavy atom. The van der Waals surface area contributed by atoms with Crippen molar-refractivity contribution in [1.82, 2.24) is 9.97 Å². The van der Waals surface area contributed by atoms with E-state index in [9.17, 15) is 0 Å². The largest absolute Gasteiger partial charge is 0.355 e. The molecule has 0 atom stereocenters. The van der Waals surface area contributed by atoms with Gasteiger partial charge in [-0.1, -0.05) is 51.4 Å². The summed E-state index contributed by atoms with van der Waals surface area (Å²) in [5.41, 5.74) is 2.34. The molecule has 0 aliphatic rings. The molecule has 3 rings (SSSR count). The highest BCUT2D eigenvalue weighted by Crippen LogP contribution is 2.38. The SMILES string of the molecule is CC(C)CN(CC(C)C)c1ncnc2scc(-c3ccc(Cl)cc3)c12. The van der Waals surface area contributed by atoms with Gasteiger partial charge in [0.25, 0.3) is 0 Å². The van der Waals surface area contributed by atoms with Crippen LogP contribution < -0.4 is 4.90 Å². The van der Waals surface area contributed by atoms with Crippen molar-refractivity contribution in [2.24, 2.45) is 11.8 Å². The third kappa shape index (κ3) is 4.13. The molecule has 0 bridgehead atoms. The number of rotatable bonds is 6. The average Bonchev–Trinajstić information content (AvgIpc) is 2.98. The van der Waals surface area contributed by atoms with Gasteiger partial charge >= 0.3 is 0 Å². The fraction of sp³-hybridized carbons (Fsp3) is 0.400. The van der Waals surface area contributed by atoms with Gasteiger partial charge in [-0.15, -0.1) is 11.3 Å². The van der Waals surface area contributed by atoms with Gasteiger partial charge in [0.2, 0.25) is 0 Å². The zero-order valence-electron chi connectivity index (χ0n) is 15.2. The van der Waals surface area contributed by atoms with Crippen molar-refractivity contribution in [1.29, 1.82) is 0 Å². The van der Waals surface area contributed by atoms with Crippen molar-refractivity contribution < 1.29 is 0 Å². The van der Waals surface area contributed by atoms with Gasteiger partial charge in [0.15, 0.2) is 0 Å². The Balaban J connectivity index is 2.14. The van der Waals surface area contributed by atoms with Crippen LogP contribution >= 0.6 is 22.9 Å². The molecule has 0 aliphatic heterocycles. The van der Waals surface area contributed by atoms with Crippen molar-refractivity contribution in [3.8, 4) is 11.1 Å². The minimum atomic E-state index is 0.571. The van der Waals surface area contributed by atoms with Crippen LogP contribution in [0.15, 0.2) is 36.0 Å². The molecule has 5 heteroatoms. The number of aromatic nitrogens is 2. The van der Waals surface area contributed by atoms with Crippen LogP contribution in [0.5, 0.6) is 0 Å². The van der Waals surface area contributed by atoms with E-state index >= 15 is 0 Å². The zero-order chi connectivity index (χ0) is 18.0. The lowest BCUT2D eigenvalue weighted by atomic mass is 10.1. The molecule has 0 radical (unpaired) electrons. The normalized spacial score (nSPS) is 11.6. The molecule has 132 valence electrons. The highest BCUT2D eigenvalue weighted by atomic mass is 35.5. The van der Waals surface area contributed by atoms with Crippen molar-refractivity contribution in [3.63, 3.8) is 0 Å². The Bertz CT molecular complexity index is 830. The second-order valence-electron chi connectivity index (χ2n) is 7.23. The van der Waals surface area contributed by atoms with Gasteiger partial charge in [0, 0.05) is 29.1 Å². The number of fused-ring (bicyclic) bond motifs is 1. The van der Waals surface area contributed by atoms with Crippen LogP contribution in [0, 0.1) is 11.8 Å². The number of thiophene rings is 1. The van der Waals surface area contributed by atoms with E-state index in [1.165, 1.54) is 5.56 Å². The van der Waals surface area contributed by atoms with E-state index in [4.69, 9.17) is 11.6 Å². The standard InChI is InChI=1S/C20H24ClN3S/c1-13(2)9-24(10-14(3)4)19-18-17(11-25-20(18)23-12-22-19)15-5-7-16(21)8-6-15/h5-8,11-14H,9-10H2,1-4H3. The van der Waals surface area contributed by atoms with E-state index in [1.807, 2.05) is 12.1 Å². The molecule has 2 heterocycles. The summed E-state index contributed by atoms with van der Waals surface area (Å²) in [6.45, 7) is 11.0. The van der Waals surface area contributed by atoms with Crippen LogP contribution in [0.25, 0.3) is 21.3 Å². The molecule has 0 saturated heterocycles. The van der Waals surface area contributed by atoms with Crippen LogP contribution in [-0.4, -0.2) is 23.1 Å². The Kier molecular flexibility index (Phi) is 5.60. The molecule has 0 spiro atoms. The Morgan fingerprint density at radius 1 is 1.00 bits per heavy atom. The summed E-state index contributed by atoms with van der Waals surface area (Å²) in [4.78, 5) is 12.6. The molecule has 0 aliphatic carbocycles. The first-order valence-corrected chi connectivity index (χ1v) is 9.94. The molecule has 0 unspecified atom stereocenters. The number of anilines is 1. The van der Waals surface area contributed by atoms with Gasteiger partial charge in [0.1, 0.15) is 17.0 Å². The highest BCUT2D eigenvalue weighted by molar-refractivity contribution is 7.17. The number of hydrogen-bond donors (Lipinski definition) is 0. The quantitative estimate of drug-likeness (QED) is 0.520. The first-order chi connectivity index (χ1) is 12.0. The summed E-state index contributed by atoms with van der Waals surface area (Å²) in [6, 6.07) is 8.00. The van der Waals surface area contributed by atoms with Gasteiger partial charge in [-0.05, 0) is 29.5 Å². The fourth-order valence-corrected chi connectivity index (χ4v) is 4.11. The predicted octanol–water partition coefficient (Wildman–Crippen LogP) is 6.13. The van der Waals surface area contributed by atoms with Crippen LogP contribution in [0.4, 0.5) is 5.82 Å². The molecule has 0 N–H and O–H groups in total. The van der Waals surface area contributed by atoms with Gasteiger partial charge in [-0.2, -0.15) is 0 Å². The minimum Gasteiger partial charge on any atom is -0.355 e. The van der Waals surface area contributed by atoms with Crippen LogP contribution in [0.1, 0.15) is 27.7 Å². The first kappa shape index (κ1) is 18.2. The van der Waals surface area contributed by atoms with Crippen molar-refractivity contribution >= 4 is 39.0 Å². The molecular formula is C20H24ClN3S. The number of benzene rings is 1. The monoisotopic (exact) mass is 373 g/mol. The molecule has 1 aromatic carbocycles. The predicted molar refractivity (Wildman–Crippen MR) is 110 cm³/mol. The Labute approximate surface area is 158 Å². The number of halogens is 1. The van der Waals surface area contributed by atoms with Crippen molar-refractivity contribution in [3.05, 3.63) is 41.0 Å². The van der Waals surface area contributed by atoms with Gasteiger partial charge in [0.05, 0.1) is 5.39 Å². The topological polar surface area (TPSA) is 29.0 Å². The van der Waals surface area contributed by atoms with Crippen LogP contribution in [-0.2, 0) is 0 Å². The van der Waals surface area contributed by atoms with E-state index in [0.29, 0.717) is 11.8 Å². The first-order valence-electron chi connectivity index (χ1n) is 8.68. The lowest BCUT2D eigenvalue weighted by Crippen LogP contribution is -2.32. The fourth-order valence-electron chi connectivity index (χ4n) is 3.07. The molecule has 0 fully saturated rings. The van der Waals surface area contributed by atoms with Crippen molar-refractivity contribution in [2.75, 3.05) is 18.0 Å². The van der Waals surface area contributed by atoms with E-state index in [-0.39, 0.29) is 0 Å². The summed E-state index contributed by atoms with van der Waals surface area (Å²) in [5, 5.41) is 4.08. The maximum absolute atomic E-state index is 6.06.